The Kier molecular flexibility index (Phi) is 4.61. The maximum Gasteiger partial charge on any atom is 0.137 e. The number of hydrazine groups is 1. The monoisotopic (exact) mass is 297 g/mol. The number of aromatic nitrogens is 1. The zero-order chi connectivity index (χ0) is 13.8. The zero-order valence-corrected chi connectivity index (χ0v) is 11.7. The molecule has 0 aliphatic carbocycles. The molecule has 1 heterocycles. The van der Waals surface area contributed by atoms with Crippen molar-refractivity contribution >= 4 is 23.2 Å². The third-order valence-corrected chi connectivity index (χ3v) is 3.60. The summed E-state index contributed by atoms with van der Waals surface area (Å²) in [6.07, 6.45) is 3.32. The highest BCUT2D eigenvalue weighted by Gasteiger charge is 2.18. The van der Waals surface area contributed by atoms with Gasteiger partial charge in [-0.3, -0.25) is 10.8 Å². The van der Waals surface area contributed by atoms with Crippen LogP contribution in [-0.2, 0) is 0 Å². The molecule has 100 valence electrons. The molecular weight excluding hydrogens is 285 g/mol. The molecule has 1 unspecified atom stereocenters. The summed E-state index contributed by atoms with van der Waals surface area (Å²) in [7, 11) is 1.58. The summed E-state index contributed by atoms with van der Waals surface area (Å²) < 4.78 is 5.15. The number of hydrogen-bond donors (Lipinski definition) is 2. The molecule has 0 bridgehead atoms. The summed E-state index contributed by atoms with van der Waals surface area (Å²) in [6, 6.07) is 6.94. The summed E-state index contributed by atoms with van der Waals surface area (Å²) >= 11 is 12.2. The Bertz CT molecular complexity index is 578. The van der Waals surface area contributed by atoms with Gasteiger partial charge in [0, 0.05) is 6.20 Å². The number of benzene rings is 1. The molecule has 0 radical (unpaired) electrons. The van der Waals surface area contributed by atoms with Gasteiger partial charge in [0.2, 0.25) is 0 Å². The maximum atomic E-state index is 6.21. The number of hydrogen-bond acceptors (Lipinski definition) is 4. The second-order valence-corrected chi connectivity index (χ2v) is 4.69. The van der Waals surface area contributed by atoms with Crippen molar-refractivity contribution in [3.05, 3.63) is 57.8 Å². The number of nitrogens with two attached hydrogens (primary N) is 1. The second-order valence-electron chi connectivity index (χ2n) is 3.90. The van der Waals surface area contributed by atoms with E-state index in [9.17, 15) is 0 Å². The van der Waals surface area contributed by atoms with E-state index >= 15 is 0 Å². The Balaban J connectivity index is 2.46. The van der Waals surface area contributed by atoms with E-state index in [1.807, 2.05) is 18.2 Å². The first-order valence-electron chi connectivity index (χ1n) is 5.56. The minimum atomic E-state index is -0.311. The van der Waals surface area contributed by atoms with Crippen molar-refractivity contribution in [3.63, 3.8) is 0 Å². The number of methoxy groups -OCH3 is 1. The van der Waals surface area contributed by atoms with Crippen LogP contribution in [-0.4, -0.2) is 12.1 Å². The second kappa shape index (κ2) is 6.21. The average molecular weight is 298 g/mol. The number of halogens is 2. The molecule has 1 aromatic heterocycles. The molecule has 0 aliphatic rings. The van der Waals surface area contributed by atoms with E-state index in [0.29, 0.717) is 15.8 Å². The summed E-state index contributed by atoms with van der Waals surface area (Å²) in [5, 5.41) is 0.949. The van der Waals surface area contributed by atoms with Crippen molar-refractivity contribution in [3.8, 4) is 5.75 Å². The third-order valence-electron chi connectivity index (χ3n) is 2.76. The first kappa shape index (κ1) is 14.1. The lowest BCUT2D eigenvalue weighted by Crippen LogP contribution is -2.29. The zero-order valence-electron chi connectivity index (χ0n) is 10.2. The molecule has 0 aliphatic heterocycles. The summed E-state index contributed by atoms with van der Waals surface area (Å²) in [5.41, 5.74) is 4.34. The molecule has 6 heteroatoms. The number of nitrogens with one attached hydrogen (secondary N) is 1. The largest absolute Gasteiger partial charge is 0.495 e. The molecule has 0 fully saturated rings. The Morgan fingerprint density at radius 1 is 1.32 bits per heavy atom. The van der Waals surface area contributed by atoms with E-state index in [1.54, 1.807) is 25.6 Å². The molecule has 19 heavy (non-hydrogen) atoms. The average Bonchev–Trinajstić information content (AvgIpc) is 2.44. The van der Waals surface area contributed by atoms with E-state index in [-0.39, 0.29) is 6.04 Å². The highest BCUT2D eigenvalue weighted by atomic mass is 35.5. The van der Waals surface area contributed by atoms with Crippen LogP contribution in [0.4, 0.5) is 0 Å². The normalized spacial score (nSPS) is 12.2. The molecule has 0 amide bonds. The molecule has 4 nitrogen and oxygen atoms in total. The molecule has 0 saturated carbocycles. The van der Waals surface area contributed by atoms with Crippen LogP contribution in [0.3, 0.4) is 0 Å². The molecular formula is C13H13Cl2N3O. The van der Waals surface area contributed by atoms with E-state index < -0.39 is 0 Å². The van der Waals surface area contributed by atoms with Gasteiger partial charge in [0.25, 0.3) is 0 Å². The topological polar surface area (TPSA) is 60.2 Å². The number of pyridine rings is 1. The van der Waals surface area contributed by atoms with Gasteiger partial charge in [-0.2, -0.15) is 0 Å². The highest BCUT2D eigenvalue weighted by Crippen LogP contribution is 2.33. The van der Waals surface area contributed by atoms with Gasteiger partial charge in [-0.05, 0) is 23.3 Å². The van der Waals surface area contributed by atoms with Gasteiger partial charge >= 0.3 is 0 Å². The van der Waals surface area contributed by atoms with Crippen LogP contribution < -0.4 is 16.0 Å². The van der Waals surface area contributed by atoms with Crippen LogP contribution in [0.15, 0.2) is 36.7 Å². The Labute approximate surface area is 121 Å². The maximum absolute atomic E-state index is 6.21. The number of nitrogens with zero attached hydrogens (tertiary/aromatic N) is 1. The lowest BCUT2D eigenvalue weighted by Gasteiger charge is -2.18. The smallest absolute Gasteiger partial charge is 0.137 e. The third kappa shape index (κ3) is 2.98. The molecule has 1 atom stereocenters. The van der Waals surface area contributed by atoms with Gasteiger partial charge in [0.1, 0.15) is 5.75 Å². The van der Waals surface area contributed by atoms with Crippen molar-refractivity contribution in [1.82, 2.24) is 10.4 Å². The summed E-state index contributed by atoms with van der Waals surface area (Å²) in [5.74, 6) is 6.28. The van der Waals surface area contributed by atoms with Gasteiger partial charge in [0.15, 0.2) is 0 Å². The number of ether oxygens (including phenoxy) is 1. The van der Waals surface area contributed by atoms with Gasteiger partial charge in [-0.25, -0.2) is 5.43 Å². The van der Waals surface area contributed by atoms with E-state index in [1.165, 1.54) is 0 Å². The predicted octanol–water partition coefficient (Wildman–Crippen LogP) is 2.95. The van der Waals surface area contributed by atoms with Crippen molar-refractivity contribution in [1.29, 1.82) is 0 Å². The van der Waals surface area contributed by atoms with Crippen LogP contribution in [0, 0.1) is 0 Å². The predicted molar refractivity (Wildman–Crippen MR) is 76.4 cm³/mol. The van der Waals surface area contributed by atoms with Crippen molar-refractivity contribution in [2.24, 2.45) is 5.84 Å². The summed E-state index contributed by atoms with van der Waals surface area (Å²) in [4.78, 5) is 4.11. The fraction of sp³-hybridized carbons (Fsp3) is 0.154. The number of rotatable bonds is 4. The van der Waals surface area contributed by atoms with E-state index in [2.05, 4.69) is 10.4 Å². The van der Waals surface area contributed by atoms with Gasteiger partial charge in [-0.15, -0.1) is 0 Å². The lowest BCUT2D eigenvalue weighted by atomic mass is 10.0. The Morgan fingerprint density at radius 2 is 2.11 bits per heavy atom. The molecule has 2 aromatic rings. The van der Waals surface area contributed by atoms with Crippen LogP contribution in [0.1, 0.15) is 17.2 Å². The molecule has 1 aromatic carbocycles. The van der Waals surface area contributed by atoms with Crippen LogP contribution in [0.25, 0.3) is 0 Å². The first-order chi connectivity index (χ1) is 9.17. The van der Waals surface area contributed by atoms with Crippen LogP contribution in [0.2, 0.25) is 10.0 Å². The van der Waals surface area contributed by atoms with Gasteiger partial charge in [0.05, 0.1) is 29.4 Å². The fourth-order valence-electron chi connectivity index (χ4n) is 1.81. The first-order valence-corrected chi connectivity index (χ1v) is 6.32. The lowest BCUT2D eigenvalue weighted by molar-refractivity contribution is 0.411. The fourth-order valence-corrected chi connectivity index (χ4v) is 2.23. The van der Waals surface area contributed by atoms with E-state index in [4.69, 9.17) is 33.8 Å². The molecule has 0 saturated heterocycles. The Morgan fingerprint density at radius 3 is 2.79 bits per heavy atom. The quantitative estimate of drug-likeness (QED) is 0.673. The Hall–Kier alpha value is -1.33. The highest BCUT2D eigenvalue weighted by molar-refractivity contribution is 6.42. The van der Waals surface area contributed by atoms with Crippen molar-refractivity contribution in [2.75, 3.05) is 7.11 Å². The minimum absolute atomic E-state index is 0.311. The van der Waals surface area contributed by atoms with Crippen molar-refractivity contribution < 1.29 is 4.74 Å². The molecule has 3 N–H and O–H groups in total. The SMILES string of the molecule is COc1cncc(C(NN)c2cccc(Cl)c2Cl)c1. The van der Waals surface area contributed by atoms with Crippen molar-refractivity contribution in [2.45, 2.75) is 6.04 Å². The summed E-state index contributed by atoms with van der Waals surface area (Å²) in [6.45, 7) is 0. The van der Waals surface area contributed by atoms with E-state index in [0.717, 1.165) is 11.1 Å². The van der Waals surface area contributed by atoms with Crippen LogP contribution in [0.5, 0.6) is 5.75 Å². The van der Waals surface area contributed by atoms with Gasteiger partial charge < -0.3 is 4.74 Å². The molecule has 0 spiro atoms. The standard InChI is InChI=1S/C13H13Cl2N3O/c1-19-9-5-8(6-17-7-9)13(18-16)10-3-2-4-11(14)12(10)15/h2-7,13,18H,16H2,1H3. The van der Waals surface area contributed by atoms with Gasteiger partial charge in [-0.1, -0.05) is 35.3 Å². The minimum Gasteiger partial charge on any atom is -0.495 e. The van der Waals surface area contributed by atoms with Crippen LogP contribution >= 0.6 is 23.2 Å². The molecule has 2 rings (SSSR count).